The number of para-hydroxylation sites is 1. The first-order valence-electron chi connectivity index (χ1n) is 6.87. The van der Waals surface area contributed by atoms with Crippen LogP contribution in [-0.4, -0.2) is 29.8 Å². The van der Waals surface area contributed by atoms with Crippen molar-refractivity contribution in [1.29, 1.82) is 0 Å². The maximum Gasteiger partial charge on any atom is 0.220 e. The zero-order valence-electron chi connectivity index (χ0n) is 11.3. The molecule has 0 aliphatic heterocycles. The molecule has 0 atom stereocenters. The maximum atomic E-state index is 11.8. The van der Waals surface area contributed by atoms with Gasteiger partial charge in [0.2, 0.25) is 5.91 Å². The Morgan fingerprint density at radius 3 is 2.84 bits per heavy atom. The Morgan fingerprint density at radius 1 is 1.42 bits per heavy atom. The van der Waals surface area contributed by atoms with Gasteiger partial charge in [0, 0.05) is 12.5 Å². The number of carbonyl (C=O) groups excluding carboxylic acids is 1. The van der Waals surface area contributed by atoms with Crippen molar-refractivity contribution in [1.82, 2.24) is 5.32 Å². The lowest BCUT2D eigenvalue weighted by molar-refractivity contribution is -0.123. The fourth-order valence-corrected chi connectivity index (χ4v) is 2.26. The molecule has 1 amide bonds. The molecule has 0 unspecified atom stereocenters. The summed E-state index contributed by atoms with van der Waals surface area (Å²) in [6.45, 7) is 2.58. The average Bonchev–Trinajstić information content (AvgIpc) is 2.36. The molecule has 19 heavy (non-hydrogen) atoms. The normalized spacial score (nSPS) is 21.6. The molecular formula is C15H21NO3. The lowest BCUT2D eigenvalue weighted by Crippen LogP contribution is -2.46. The molecule has 1 saturated carbocycles. The average molecular weight is 263 g/mol. The lowest BCUT2D eigenvalue weighted by Gasteiger charge is -2.31. The molecule has 1 aliphatic rings. The number of benzene rings is 1. The third-order valence-corrected chi connectivity index (χ3v) is 3.37. The van der Waals surface area contributed by atoms with Gasteiger partial charge in [-0.15, -0.1) is 0 Å². The number of rotatable bonds is 6. The molecule has 0 spiro atoms. The first-order chi connectivity index (χ1) is 9.19. The Balaban J connectivity index is 1.79. The van der Waals surface area contributed by atoms with Gasteiger partial charge < -0.3 is 15.2 Å². The van der Waals surface area contributed by atoms with Crippen molar-refractivity contribution in [3.05, 3.63) is 29.8 Å². The van der Waals surface area contributed by atoms with E-state index in [1.807, 2.05) is 31.2 Å². The van der Waals surface area contributed by atoms with E-state index in [1.165, 1.54) is 0 Å². The molecule has 2 rings (SSSR count). The summed E-state index contributed by atoms with van der Waals surface area (Å²) >= 11 is 0. The molecule has 1 aromatic rings. The van der Waals surface area contributed by atoms with Gasteiger partial charge in [-0.3, -0.25) is 4.79 Å². The number of aliphatic hydroxyl groups excluding tert-OH is 1. The summed E-state index contributed by atoms with van der Waals surface area (Å²) < 4.78 is 5.53. The van der Waals surface area contributed by atoms with Crippen molar-refractivity contribution in [2.45, 2.75) is 44.8 Å². The summed E-state index contributed by atoms with van der Waals surface area (Å²) in [4.78, 5) is 11.8. The third-order valence-electron chi connectivity index (χ3n) is 3.37. The lowest BCUT2D eigenvalue weighted by atomic mass is 9.89. The highest BCUT2D eigenvalue weighted by molar-refractivity contribution is 5.76. The molecular weight excluding hydrogens is 242 g/mol. The highest BCUT2D eigenvalue weighted by atomic mass is 16.5. The van der Waals surface area contributed by atoms with Crippen LogP contribution < -0.4 is 10.1 Å². The second-order valence-electron chi connectivity index (χ2n) is 4.93. The van der Waals surface area contributed by atoms with Crippen LogP contribution in [0.5, 0.6) is 5.75 Å². The number of carbonyl (C=O) groups is 1. The van der Waals surface area contributed by atoms with E-state index in [2.05, 4.69) is 5.32 Å². The molecule has 2 N–H and O–H groups in total. The van der Waals surface area contributed by atoms with E-state index >= 15 is 0 Å². The van der Waals surface area contributed by atoms with E-state index in [0.717, 1.165) is 11.3 Å². The van der Waals surface area contributed by atoms with Gasteiger partial charge in [0.1, 0.15) is 5.75 Å². The highest BCUT2D eigenvalue weighted by Gasteiger charge is 2.28. The largest absolute Gasteiger partial charge is 0.494 e. The fraction of sp³-hybridized carbons (Fsp3) is 0.533. The number of amides is 1. The summed E-state index contributed by atoms with van der Waals surface area (Å²) in [6, 6.07) is 7.97. The number of aryl methyl sites for hydroxylation is 1. The Kier molecular flexibility index (Phi) is 4.80. The zero-order chi connectivity index (χ0) is 13.7. The standard InChI is InChI=1S/C15H21NO3/c1-2-19-14-6-4-3-5-11(14)7-8-15(18)16-12-9-13(17)10-12/h3-6,12-13,17H,2,7-10H2,1H3,(H,16,18). The van der Waals surface area contributed by atoms with Crippen molar-refractivity contribution in [2.75, 3.05) is 6.61 Å². The molecule has 0 bridgehead atoms. The highest BCUT2D eigenvalue weighted by Crippen LogP contribution is 2.21. The number of ether oxygens (including phenoxy) is 1. The van der Waals surface area contributed by atoms with Gasteiger partial charge >= 0.3 is 0 Å². The molecule has 1 aliphatic carbocycles. The SMILES string of the molecule is CCOc1ccccc1CCC(=O)NC1CC(O)C1. The summed E-state index contributed by atoms with van der Waals surface area (Å²) in [5.41, 5.74) is 1.06. The van der Waals surface area contributed by atoms with Crippen LogP contribution in [0.2, 0.25) is 0 Å². The second-order valence-corrected chi connectivity index (χ2v) is 4.93. The molecule has 0 saturated heterocycles. The van der Waals surface area contributed by atoms with Gasteiger partial charge in [0.05, 0.1) is 12.7 Å². The molecule has 0 aromatic heterocycles. The van der Waals surface area contributed by atoms with Gasteiger partial charge in [0.25, 0.3) is 0 Å². The Morgan fingerprint density at radius 2 is 2.16 bits per heavy atom. The number of hydrogen-bond acceptors (Lipinski definition) is 3. The number of aliphatic hydroxyl groups is 1. The van der Waals surface area contributed by atoms with Crippen molar-refractivity contribution in [2.24, 2.45) is 0 Å². The van der Waals surface area contributed by atoms with E-state index in [4.69, 9.17) is 9.84 Å². The van der Waals surface area contributed by atoms with Crippen molar-refractivity contribution < 1.29 is 14.6 Å². The fourth-order valence-electron chi connectivity index (χ4n) is 2.26. The van der Waals surface area contributed by atoms with Crippen LogP contribution in [0.25, 0.3) is 0 Å². The second kappa shape index (κ2) is 6.57. The first kappa shape index (κ1) is 13.9. The van der Waals surface area contributed by atoms with Crippen LogP contribution >= 0.6 is 0 Å². The minimum atomic E-state index is -0.232. The van der Waals surface area contributed by atoms with Gasteiger partial charge in [-0.2, -0.15) is 0 Å². The summed E-state index contributed by atoms with van der Waals surface area (Å²) in [6.07, 6.45) is 2.26. The van der Waals surface area contributed by atoms with Crippen LogP contribution in [0.1, 0.15) is 31.7 Å². The Hall–Kier alpha value is -1.55. The number of nitrogens with one attached hydrogen (secondary N) is 1. The predicted molar refractivity (Wildman–Crippen MR) is 73.1 cm³/mol. The van der Waals surface area contributed by atoms with Crippen molar-refractivity contribution in [3.8, 4) is 5.75 Å². The van der Waals surface area contributed by atoms with Crippen LogP contribution in [0.3, 0.4) is 0 Å². The van der Waals surface area contributed by atoms with Crippen LogP contribution in [0.4, 0.5) is 0 Å². The smallest absolute Gasteiger partial charge is 0.220 e. The minimum absolute atomic E-state index is 0.0446. The van der Waals surface area contributed by atoms with E-state index in [0.29, 0.717) is 32.3 Å². The summed E-state index contributed by atoms with van der Waals surface area (Å²) in [5.74, 6) is 0.903. The molecule has 0 radical (unpaired) electrons. The van der Waals surface area contributed by atoms with Crippen LogP contribution in [0, 0.1) is 0 Å². The Labute approximate surface area is 113 Å². The van der Waals surface area contributed by atoms with Crippen molar-refractivity contribution >= 4 is 5.91 Å². The molecule has 4 heteroatoms. The summed E-state index contributed by atoms with van der Waals surface area (Å²) in [5, 5.41) is 12.1. The quantitative estimate of drug-likeness (QED) is 0.820. The topological polar surface area (TPSA) is 58.6 Å². The van der Waals surface area contributed by atoms with Crippen molar-refractivity contribution in [3.63, 3.8) is 0 Å². The van der Waals surface area contributed by atoms with E-state index in [9.17, 15) is 4.79 Å². The van der Waals surface area contributed by atoms with Gasteiger partial charge in [-0.1, -0.05) is 18.2 Å². The Bertz CT molecular complexity index is 427. The third kappa shape index (κ3) is 3.96. The first-order valence-corrected chi connectivity index (χ1v) is 6.87. The van der Waals surface area contributed by atoms with Gasteiger partial charge in [0.15, 0.2) is 0 Å². The van der Waals surface area contributed by atoms with E-state index < -0.39 is 0 Å². The predicted octanol–water partition coefficient (Wildman–Crippen LogP) is 1.66. The maximum absolute atomic E-state index is 11.8. The van der Waals surface area contributed by atoms with Gasteiger partial charge in [-0.25, -0.2) is 0 Å². The molecule has 104 valence electrons. The molecule has 0 heterocycles. The van der Waals surface area contributed by atoms with Crippen LogP contribution in [0.15, 0.2) is 24.3 Å². The van der Waals surface area contributed by atoms with E-state index in [1.54, 1.807) is 0 Å². The van der Waals surface area contributed by atoms with E-state index in [-0.39, 0.29) is 18.1 Å². The molecule has 4 nitrogen and oxygen atoms in total. The molecule has 1 aromatic carbocycles. The van der Waals surface area contributed by atoms with Gasteiger partial charge in [-0.05, 0) is 37.8 Å². The zero-order valence-corrected chi connectivity index (χ0v) is 11.3. The monoisotopic (exact) mass is 263 g/mol. The number of hydrogen-bond donors (Lipinski definition) is 2. The summed E-state index contributed by atoms with van der Waals surface area (Å²) in [7, 11) is 0. The molecule has 1 fully saturated rings. The van der Waals surface area contributed by atoms with Crippen LogP contribution in [-0.2, 0) is 11.2 Å². The minimum Gasteiger partial charge on any atom is -0.494 e.